The maximum atomic E-state index is 11.7. The van der Waals surface area contributed by atoms with Gasteiger partial charge in [-0.25, -0.2) is 4.79 Å². The predicted octanol–water partition coefficient (Wildman–Crippen LogP) is 3.26. The standard InChI is InChI=1S/C20H31NO4.C2HF3O2/c1-14-8-10-16(11-9-14)6-4-5-7-17-20(25-18(22)12-21)19(23-3)15(2)13-24-17;3-2(4,5)1(6)7/h8-11,15,17,19-20H,4-7,12-13,21H2,1-3H3;(H,6,7)/t15-,17-,19-,20+;/m0./s1. The molecular weight excluding hydrogens is 431 g/mol. The summed E-state index contributed by atoms with van der Waals surface area (Å²) < 4.78 is 48.8. The van der Waals surface area contributed by atoms with Crippen LogP contribution in [0.1, 0.15) is 37.3 Å². The zero-order valence-electron chi connectivity index (χ0n) is 18.6. The van der Waals surface area contributed by atoms with Gasteiger partial charge >= 0.3 is 18.1 Å². The number of nitrogens with two attached hydrogens (primary N) is 1. The van der Waals surface area contributed by atoms with Gasteiger partial charge in [0.05, 0.1) is 19.3 Å². The smallest absolute Gasteiger partial charge is 0.475 e. The Hall–Kier alpha value is -2.17. The summed E-state index contributed by atoms with van der Waals surface area (Å²) in [5.74, 6) is -2.98. The second kappa shape index (κ2) is 13.4. The Labute approximate surface area is 186 Å². The highest BCUT2D eigenvalue weighted by Gasteiger charge is 2.41. The number of ether oxygens (including phenoxy) is 3. The molecule has 1 aliphatic heterocycles. The maximum absolute atomic E-state index is 11.7. The van der Waals surface area contributed by atoms with Crippen LogP contribution in [0.15, 0.2) is 24.3 Å². The average molecular weight is 463 g/mol. The SMILES string of the molecule is CO[C@@H]1[C@H](OC(=O)CN)[C@H](CCCCc2ccc(C)cc2)OC[C@@H]1C.O=C(O)C(F)(F)F. The average Bonchev–Trinajstić information content (AvgIpc) is 2.73. The summed E-state index contributed by atoms with van der Waals surface area (Å²) in [7, 11) is 1.66. The van der Waals surface area contributed by atoms with Gasteiger partial charge in [-0.2, -0.15) is 13.2 Å². The number of rotatable bonds is 8. The molecule has 4 atom stereocenters. The number of aryl methyl sites for hydroxylation is 2. The summed E-state index contributed by atoms with van der Waals surface area (Å²) in [4.78, 5) is 20.6. The van der Waals surface area contributed by atoms with Gasteiger partial charge < -0.3 is 25.1 Å². The van der Waals surface area contributed by atoms with Crippen molar-refractivity contribution in [3.63, 3.8) is 0 Å². The molecule has 32 heavy (non-hydrogen) atoms. The molecule has 1 aliphatic rings. The minimum atomic E-state index is -5.08. The van der Waals surface area contributed by atoms with Crippen molar-refractivity contribution in [2.75, 3.05) is 20.3 Å². The molecule has 1 saturated heterocycles. The van der Waals surface area contributed by atoms with Crippen LogP contribution < -0.4 is 5.73 Å². The Balaban J connectivity index is 0.000000633. The van der Waals surface area contributed by atoms with E-state index in [1.807, 2.05) is 6.92 Å². The van der Waals surface area contributed by atoms with E-state index in [0.717, 1.165) is 25.7 Å². The highest BCUT2D eigenvalue weighted by atomic mass is 19.4. The molecule has 1 heterocycles. The predicted molar refractivity (Wildman–Crippen MR) is 111 cm³/mol. The van der Waals surface area contributed by atoms with Gasteiger partial charge in [-0.1, -0.05) is 43.2 Å². The lowest BCUT2D eigenvalue weighted by atomic mass is 9.90. The third-order valence-corrected chi connectivity index (χ3v) is 5.10. The molecule has 0 aromatic heterocycles. The van der Waals surface area contributed by atoms with Gasteiger partial charge in [-0.3, -0.25) is 4.79 Å². The molecule has 1 aromatic rings. The van der Waals surface area contributed by atoms with Crippen LogP contribution in [0.2, 0.25) is 0 Å². The van der Waals surface area contributed by atoms with E-state index < -0.39 is 18.1 Å². The molecule has 0 saturated carbocycles. The van der Waals surface area contributed by atoms with E-state index in [9.17, 15) is 18.0 Å². The van der Waals surface area contributed by atoms with E-state index in [4.69, 9.17) is 29.8 Å². The van der Waals surface area contributed by atoms with Gasteiger partial charge in [0.15, 0.2) is 6.10 Å². The lowest BCUT2D eigenvalue weighted by Gasteiger charge is -2.40. The number of benzene rings is 1. The van der Waals surface area contributed by atoms with Crippen molar-refractivity contribution in [2.45, 2.75) is 64.0 Å². The number of hydrogen-bond acceptors (Lipinski definition) is 6. The van der Waals surface area contributed by atoms with E-state index in [2.05, 4.69) is 31.2 Å². The number of halogens is 3. The number of unbranched alkanes of at least 4 members (excludes halogenated alkanes) is 1. The van der Waals surface area contributed by atoms with E-state index in [0.29, 0.717) is 6.61 Å². The Morgan fingerprint density at radius 1 is 1.19 bits per heavy atom. The summed E-state index contributed by atoms with van der Waals surface area (Å²) >= 11 is 0. The molecule has 0 spiro atoms. The van der Waals surface area contributed by atoms with Crippen molar-refractivity contribution in [1.82, 2.24) is 0 Å². The summed E-state index contributed by atoms with van der Waals surface area (Å²) in [6.07, 6.45) is -1.76. The monoisotopic (exact) mass is 463 g/mol. The fraction of sp³-hybridized carbons (Fsp3) is 0.636. The molecule has 1 aromatic carbocycles. The molecule has 3 N–H and O–H groups in total. The van der Waals surface area contributed by atoms with E-state index in [1.54, 1.807) is 7.11 Å². The molecule has 0 bridgehead atoms. The van der Waals surface area contributed by atoms with Crippen LogP contribution in [-0.4, -0.2) is 61.8 Å². The van der Waals surface area contributed by atoms with Crippen molar-refractivity contribution >= 4 is 11.9 Å². The summed E-state index contributed by atoms with van der Waals surface area (Å²) in [6.45, 7) is 4.64. The number of carbonyl (C=O) groups excluding carboxylic acids is 1. The first-order valence-electron chi connectivity index (χ1n) is 10.4. The first-order valence-corrected chi connectivity index (χ1v) is 10.4. The molecule has 0 amide bonds. The van der Waals surface area contributed by atoms with Crippen molar-refractivity contribution in [2.24, 2.45) is 11.7 Å². The minimum Gasteiger partial charge on any atom is -0.475 e. The number of carboxylic acids is 1. The fourth-order valence-corrected chi connectivity index (χ4v) is 3.39. The Bertz CT molecular complexity index is 711. The zero-order chi connectivity index (χ0) is 24.3. The zero-order valence-corrected chi connectivity index (χ0v) is 18.6. The van der Waals surface area contributed by atoms with Gasteiger partial charge in [0.1, 0.15) is 6.10 Å². The Morgan fingerprint density at radius 2 is 1.78 bits per heavy atom. The van der Waals surface area contributed by atoms with Crippen LogP contribution in [0.4, 0.5) is 13.2 Å². The van der Waals surface area contributed by atoms with Crippen LogP contribution >= 0.6 is 0 Å². The van der Waals surface area contributed by atoms with E-state index in [-0.39, 0.29) is 30.8 Å². The molecule has 2 rings (SSSR count). The maximum Gasteiger partial charge on any atom is 0.490 e. The van der Waals surface area contributed by atoms with Crippen LogP contribution in [0, 0.1) is 12.8 Å². The fourth-order valence-electron chi connectivity index (χ4n) is 3.39. The molecule has 7 nitrogen and oxygen atoms in total. The van der Waals surface area contributed by atoms with Crippen LogP contribution in [0.3, 0.4) is 0 Å². The summed E-state index contributed by atoms with van der Waals surface area (Å²) in [5.41, 5.74) is 8.03. The van der Waals surface area contributed by atoms with E-state index in [1.165, 1.54) is 11.1 Å². The molecule has 0 aliphatic carbocycles. The van der Waals surface area contributed by atoms with Crippen molar-refractivity contribution < 1.29 is 42.1 Å². The summed E-state index contributed by atoms with van der Waals surface area (Å²) in [5, 5.41) is 7.12. The number of alkyl halides is 3. The highest BCUT2D eigenvalue weighted by Crippen LogP contribution is 2.28. The first-order chi connectivity index (χ1) is 15.0. The second-order valence-corrected chi connectivity index (χ2v) is 7.74. The van der Waals surface area contributed by atoms with Gasteiger partial charge in [0.25, 0.3) is 0 Å². The van der Waals surface area contributed by atoms with Crippen molar-refractivity contribution in [3.8, 4) is 0 Å². The van der Waals surface area contributed by atoms with Crippen LogP contribution in [0.25, 0.3) is 0 Å². The van der Waals surface area contributed by atoms with Crippen LogP contribution in [-0.2, 0) is 30.2 Å². The molecule has 1 fully saturated rings. The third-order valence-electron chi connectivity index (χ3n) is 5.10. The lowest BCUT2D eigenvalue weighted by molar-refractivity contribution is -0.199. The number of aliphatic carboxylic acids is 1. The number of esters is 1. The van der Waals surface area contributed by atoms with E-state index >= 15 is 0 Å². The Kier molecular flexibility index (Phi) is 11.7. The lowest BCUT2D eigenvalue weighted by Crippen LogP contribution is -2.52. The summed E-state index contributed by atoms with van der Waals surface area (Å²) in [6, 6.07) is 8.65. The number of carbonyl (C=O) groups is 2. The molecule has 0 unspecified atom stereocenters. The topological polar surface area (TPSA) is 108 Å². The van der Waals surface area contributed by atoms with Crippen LogP contribution in [0.5, 0.6) is 0 Å². The quantitative estimate of drug-likeness (QED) is 0.450. The number of hydrogen-bond donors (Lipinski definition) is 2. The minimum absolute atomic E-state index is 0.124. The number of methoxy groups -OCH3 is 1. The number of carboxylic acid groups (broad SMARTS) is 1. The molecule has 182 valence electrons. The first kappa shape index (κ1) is 27.9. The van der Waals surface area contributed by atoms with Gasteiger partial charge in [-0.05, 0) is 31.7 Å². The molecular formula is C22H32F3NO6. The van der Waals surface area contributed by atoms with Crippen molar-refractivity contribution in [1.29, 1.82) is 0 Å². The van der Waals surface area contributed by atoms with Gasteiger partial charge in [-0.15, -0.1) is 0 Å². The highest BCUT2D eigenvalue weighted by molar-refractivity contribution is 5.73. The third kappa shape index (κ3) is 9.54. The molecule has 10 heteroatoms. The largest absolute Gasteiger partial charge is 0.490 e. The Morgan fingerprint density at radius 3 is 2.28 bits per heavy atom. The molecule has 0 radical (unpaired) electrons. The second-order valence-electron chi connectivity index (χ2n) is 7.74. The normalized spacial score (nSPS) is 23.1. The van der Waals surface area contributed by atoms with Gasteiger partial charge in [0, 0.05) is 13.0 Å². The van der Waals surface area contributed by atoms with Crippen molar-refractivity contribution in [3.05, 3.63) is 35.4 Å². The van der Waals surface area contributed by atoms with Gasteiger partial charge in [0.2, 0.25) is 0 Å².